The molecule has 0 aliphatic rings. The van der Waals surface area contributed by atoms with E-state index in [9.17, 15) is 4.79 Å². The largest absolute Gasteiger partial charge is 0.493 e. The lowest BCUT2D eigenvalue weighted by Gasteiger charge is -2.11. The number of benzene rings is 1. The van der Waals surface area contributed by atoms with Crippen molar-refractivity contribution >= 4 is 5.97 Å². The maximum atomic E-state index is 11.1. The molecule has 1 aromatic heterocycles. The van der Waals surface area contributed by atoms with E-state index >= 15 is 0 Å². The second-order valence-corrected chi connectivity index (χ2v) is 4.08. The second-order valence-electron chi connectivity index (χ2n) is 4.08. The third-order valence-corrected chi connectivity index (χ3v) is 2.79. The van der Waals surface area contributed by atoms with Crippen molar-refractivity contribution in [2.45, 2.75) is 13.2 Å². The number of aliphatic hydroxyl groups is 1. The molecule has 8 nitrogen and oxygen atoms in total. The van der Waals surface area contributed by atoms with E-state index in [0.29, 0.717) is 11.5 Å². The first kappa shape index (κ1) is 14.8. The molecule has 0 saturated heterocycles. The highest BCUT2D eigenvalue weighted by atomic mass is 16.5. The molecule has 0 spiro atoms. The number of carboxylic acid groups (broad SMARTS) is 1. The Morgan fingerprint density at radius 3 is 2.67 bits per heavy atom. The molecule has 0 saturated carbocycles. The van der Waals surface area contributed by atoms with Gasteiger partial charge in [-0.15, -0.1) is 5.10 Å². The van der Waals surface area contributed by atoms with E-state index in [2.05, 4.69) is 10.3 Å². The van der Waals surface area contributed by atoms with Gasteiger partial charge in [-0.1, -0.05) is 17.3 Å². The Kier molecular flexibility index (Phi) is 4.72. The Morgan fingerprint density at radius 2 is 2.05 bits per heavy atom. The van der Waals surface area contributed by atoms with Gasteiger partial charge in [-0.3, -0.25) is 0 Å². The van der Waals surface area contributed by atoms with Gasteiger partial charge >= 0.3 is 5.97 Å². The number of rotatable bonds is 7. The monoisotopic (exact) mass is 293 g/mol. The third-order valence-electron chi connectivity index (χ3n) is 2.79. The van der Waals surface area contributed by atoms with Crippen LogP contribution in [0.1, 0.15) is 16.2 Å². The standard InChI is InChI=1S/C13H15N3O5/c1-20-10-4-2-3-5-11(10)21-8-9-12(13(18)19)14-15-16(9)6-7-17/h2-5,17H,6-8H2,1H3,(H,18,19). The first-order valence-corrected chi connectivity index (χ1v) is 6.19. The number of aliphatic hydroxyl groups excluding tert-OH is 1. The van der Waals surface area contributed by atoms with E-state index in [0.717, 1.165) is 0 Å². The topological polar surface area (TPSA) is 107 Å². The van der Waals surface area contributed by atoms with Crippen LogP contribution in [-0.4, -0.2) is 44.9 Å². The van der Waals surface area contributed by atoms with Gasteiger partial charge in [-0.25, -0.2) is 9.48 Å². The van der Waals surface area contributed by atoms with Gasteiger partial charge in [-0.2, -0.15) is 0 Å². The third kappa shape index (κ3) is 3.29. The smallest absolute Gasteiger partial charge is 0.358 e. The fourth-order valence-electron chi connectivity index (χ4n) is 1.80. The Balaban J connectivity index is 2.22. The molecular formula is C13H15N3O5. The summed E-state index contributed by atoms with van der Waals surface area (Å²) >= 11 is 0. The molecule has 0 unspecified atom stereocenters. The number of aromatic nitrogens is 3. The molecule has 2 N–H and O–H groups in total. The first-order valence-electron chi connectivity index (χ1n) is 6.19. The summed E-state index contributed by atoms with van der Waals surface area (Å²) < 4.78 is 12.0. The molecule has 112 valence electrons. The molecule has 2 rings (SSSR count). The predicted molar refractivity (Wildman–Crippen MR) is 71.4 cm³/mol. The van der Waals surface area contributed by atoms with E-state index in [4.69, 9.17) is 19.7 Å². The minimum Gasteiger partial charge on any atom is -0.493 e. The molecule has 1 aromatic carbocycles. The van der Waals surface area contributed by atoms with Crippen molar-refractivity contribution in [3.05, 3.63) is 35.7 Å². The molecule has 1 heterocycles. The van der Waals surface area contributed by atoms with Crippen LogP contribution in [0.15, 0.2) is 24.3 Å². The van der Waals surface area contributed by atoms with Crippen molar-refractivity contribution in [2.75, 3.05) is 13.7 Å². The number of carboxylic acids is 1. The van der Waals surface area contributed by atoms with Crippen LogP contribution in [0.3, 0.4) is 0 Å². The van der Waals surface area contributed by atoms with Crippen molar-refractivity contribution in [2.24, 2.45) is 0 Å². The molecule has 0 amide bonds. The summed E-state index contributed by atoms with van der Waals surface area (Å²) in [4.78, 5) is 11.1. The van der Waals surface area contributed by atoms with Crippen LogP contribution in [-0.2, 0) is 13.2 Å². The fraction of sp³-hybridized carbons (Fsp3) is 0.308. The number of ether oxygens (including phenoxy) is 2. The lowest BCUT2D eigenvalue weighted by Crippen LogP contribution is -2.13. The van der Waals surface area contributed by atoms with Gasteiger partial charge in [0.25, 0.3) is 0 Å². The molecular weight excluding hydrogens is 278 g/mol. The van der Waals surface area contributed by atoms with Crippen molar-refractivity contribution in [1.29, 1.82) is 0 Å². The molecule has 8 heteroatoms. The molecule has 21 heavy (non-hydrogen) atoms. The Bertz CT molecular complexity index is 626. The minimum absolute atomic E-state index is 0.0466. The Labute approximate surface area is 120 Å². The van der Waals surface area contributed by atoms with Crippen LogP contribution in [0, 0.1) is 0 Å². The van der Waals surface area contributed by atoms with Gasteiger partial charge in [0, 0.05) is 0 Å². The molecule has 0 aliphatic carbocycles. The molecule has 0 atom stereocenters. The maximum Gasteiger partial charge on any atom is 0.358 e. The maximum absolute atomic E-state index is 11.1. The number of para-hydroxylation sites is 2. The molecule has 2 aromatic rings. The molecule has 0 aliphatic heterocycles. The highest BCUT2D eigenvalue weighted by Gasteiger charge is 2.19. The van der Waals surface area contributed by atoms with Gasteiger partial charge in [0.2, 0.25) is 0 Å². The number of aromatic carboxylic acids is 1. The van der Waals surface area contributed by atoms with Crippen LogP contribution < -0.4 is 9.47 Å². The van der Waals surface area contributed by atoms with Crippen LogP contribution in [0.4, 0.5) is 0 Å². The van der Waals surface area contributed by atoms with E-state index < -0.39 is 5.97 Å². The van der Waals surface area contributed by atoms with E-state index in [-0.39, 0.29) is 31.1 Å². The van der Waals surface area contributed by atoms with E-state index in [1.54, 1.807) is 24.3 Å². The second kappa shape index (κ2) is 6.71. The minimum atomic E-state index is -1.20. The van der Waals surface area contributed by atoms with Crippen molar-refractivity contribution < 1.29 is 24.5 Å². The Hall–Kier alpha value is -2.61. The van der Waals surface area contributed by atoms with Crippen molar-refractivity contribution in [3.8, 4) is 11.5 Å². The number of methoxy groups -OCH3 is 1. The van der Waals surface area contributed by atoms with Crippen molar-refractivity contribution in [3.63, 3.8) is 0 Å². The summed E-state index contributed by atoms with van der Waals surface area (Å²) in [7, 11) is 1.52. The quantitative estimate of drug-likeness (QED) is 0.768. The Morgan fingerprint density at radius 1 is 1.33 bits per heavy atom. The molecule has 0 bridgehead atoms. The van der Waals surface area contributed by atoms with Gasteiger partial charge < -0.3 is 19.7 Å². The van der Waals surface area contributed by atoms with Gasteiger partial charge in [0.1, 0.15) is 12.3 Å². The predicted octanol–water partition coefficient (Wildman–Crippen LogP) is 0.556. The van der Waals surface area contributed by atoms with Gasteiger partial charge in [-0.05, 0) is 12.1 Å². The van der Waals surface area contributed by atoms with Crippen LogP contribution in [0.2, 0.25) is 0 Å². The molecule has 0 radical (unpaired) electrons. The zero-order chi connectivity index (χ0) is 15.2. The summed E-state index contributed by atoms with van der Waals surface area (Å²) in [5.74, 6) is -0.179. The summed E-state index contributed by atoms with van der Waals surface area (Å²) in [6.45, 7) is -0.0794. The zero-order valence-electron chi connectivity index (χ0n) is 11.4. The summed E-state index contributed by atoms with van der Waals surface area (Å²) in [6, 6.07) is 7.02. The highest BCUT2D eigenvalue weighted by molar-refractivity contribution is 5.86. The molecule has 0 fully saturated rings. The normalized spacial score (nSPS) is 10.4. The number of carbonyl (C=O) groups is 1. The summed E-state index contributed by atoms with van der Waals surface area (Å²) in [5.41, 5.74) is 0.0841. The van der Waals surface area contributed by atoms with Gasteiger partial charge in [0.05, 0.1) is 20.3 Å². The number of hydrogen-bond acceptors (Lipinski definition) is 6. The average molecular weight is 293 g/mol. The average Bonchev–Trinajstić information content (AvgIpc) is 2.89. The van der Waals surface area contributed by atoms with Gasteiger partial charge in [0.15, 0.2) is 17.2 Å². The zero-order valence-corrected chi connectivity index (χ0v) is 11.4. The summed E-state index contributed by atoms with van der Waals surface area (Å²) in [6.07, 6.45) is 0. The first-order chi connectivity index (χ1) is 10.2. The number of hydrogen-bond donors (Lipinski definition) is 2. The number of nitrogens with zero attached hydrogens (tertiary/aromatic N) is 3. The van der Waals surface area contributed by atoms with E-state index in [1.165, 1.54) is 11.8 Å². The lowest BCUT2D eigenvalue weighted by atomic mass is 10.3. The summed E-state index contributed by atoms with van der Waals surface area (Å²) in [5, 5.41) is 25.3. The van der Waals surface area contributed by atoms with Crippen molar-refractivity contribution in [1.82, 2.24) is 15.0 Å². The fourth-order valence-corrected chi connectivity index (χ4v) is 1.80. The van der Waals surface area contributed by atoms with Crippen LogP contribution in [0.25, 0.3) is 0 Å². The SMILES string of the molecule is COc1ccccc1OCc1c(C(=O)O)nnn1CCO. The van der Waals surface area contributed by atoms with Crippen LogP contribution >= 0.6 is 0 Å². The van der Waals surface area contributed by atoms with E-state index in [1.807, 2.05) is 0 Å². The lowest BCUT2D eigenvalue weighted by molar-refractivity contribution is 0.0687. The highest BCUT2D eigenvalue weighted by Crippen LogP contribution is 2.26. The van der Waals surface area contributed by atoms with Crippen LogP contribution in [0.5, 0.6) is 11.5 Å².